The van der Waals surface area contributed by atoms with E-state index in [1.165, 1.54) is 18.2 Å². The number of carbonyl (C=O) groups is 2. The molecule has 0 radical (unpaired) electrons. The molecule has 0 spiro atoms. The molecule has 4 rings (SSSR count). The molecule has 2 N–H and O–H groups in total. The van der Waals surface area contributed by atoms with Crippen molar-refractivity contribution in [3.63, 3.8) is 0 Å². The van der Waals surface area contributed by atoms with Crippen LogP contribution in [0.3, 0.4) is 0 Å². The van der Waals surface area contributed by atoms with Gasteiger partial charge in [-0.05, 0) is 54.9 Å². The summed E-state index contributed by atoms with van der Waals surface area (Å²) in [4.78, 5) is 24.6. The first-order valence-corrected chi connectivity index (χ1v) is 11.2. The summed E-state index contributed by atoms with van der Waals surface area (Å²) in [5.41, 5.74) is 2.11. The summed E-state index contributed by atoms with van der Waals surface area (Å²) in [7, 11) is 1.59. The molecule has 2 amide bonds. The number of carbonyl (C=O) groups excluding carboxylic acids is 2. The summed E-state index contributed by atoms with van der Waals surface area (Å²) < 4.78 is 5.11. The molecule has 7 nitrogen and oxygen atoms in total. The first-order chi connectivity index (χ1) is 14.2. The van der Waals surface area contributed by atoms with Gasteiger partial charge in [-0.25, -0.2) is 0 Å². The van der Waals surface area contributed by atoms with Crippen molar-refractivity contribution >= 4 is 40.1 Å². The molecule has 1 heterocycles. The summed E-state index contributed by atoms with van der Waals surface area (Å²) in [6.45, 7) is 6.93. The number of benzene rings is 1. The van der Waals surface area contributed by atoms with Crippen LogP contribution in [0.2, 0.25) is 0 Å². The van der Waals surface area contributed by atoms with Crippen LogP contribution in [0, 0.1) is 16.7 Å². The Morgan fingerprint density at radius 1 is 1.27 bits per heavy atom. The Hall–Kier alpha value is -2.35. The SMILES string of the molecule is COc1ccc(NC(=O)CC2S/C(=N/N=C3\CC4CCC3(C)C4(C)C)NC2=O)cc1. The molecule has 3 unspecified atom stereocenters. The number of hydrogen-bond donors (Lipinski definition) is 2. The molecule has 3 fully saturated rings. The number of hydrogen-bond acceptors (Lipinski definition) is 6. The summed E-state index contributed by atoms with van der Waals surface area (Å²) in [6.07, 6.45) is 3.44. The van der Waals surface area contributed by atoms with Crippen molar-refractivity contribution < 1.29 is 14.3 Å². The average molecular weight is 429 g/mol. The number of amides is 2. The van der Waals surface area contributed by atoms with E-state index in [1.54, 1.807) is 31.4 Å². The minimum absolute atomic E-state index is 0.0743. The first kappa shape index (κ1) is 20.9. The van der Waals surface area contributed by atoms with Gasteiger partial charge in [0.15, 0.2) is 5.17 Å². The topological polar surface area (TPSA) is 92.2 Å². The van der Waals surface area contributed by atoms with Crippen molar-refractivity contribution in [2.75, 3.05) is 12.4 Å². The van der Waals surface area contributed by atoms with Gasteiger partial charge in [-0.15, -0.1) is 5.10 Å². The second-order valence-corrected chi connectivity index (χ2v) is 10.2. The van der Waals surface area contributed by atoms with E-state index in [9.17, 15) is 9.59 Å². The zero-order valence-corrected chi connectivity index (χ0v) is 18.6. The van der Waals surface area contributed by atoms with Gasteiger partial charge >= 0.3 is 0 Å². The Morgan fingerprint density at radius 2 is 2.00 bits per heavy atom. The van der Waals surface area contributed by atoms with Gasteiger partial charge < -0.3 is 15.4 Å². The molecule has 2 bridgehead atoms. The maximum atomic E-state index is 12.3. The molecule has 1 aliphatic heterocycles. The monoisotopic (exact) mass is 428 g/mol. The molecule has 1 aromatic carbocycles. The molecule has 0 aromatic heterocycles. The Morgan fingerprint density at radius 3 is 2.60 bits per heavy atom. The minimum atomic E-state index is -0.505. The fourth-order valence-electron chi connectivity index (χ4n) is 4.83. The molecule has 2 saturated carbocycles. The maximum Gasteiger partial charge on any atom is 0.240 e. The number of nitrogens with one attached hydrogen (secondary N) is 2. The predicted octanol–water partition coefficient (Wildman–Crippen LogP) is 3.81. The highest BCUT2D eigenvalue weighted by Gasteiger charge is 2.60. The number of thioether (sulfide) groups is 1. The highest BCUT2D eigenvalue weighted by atomic mass is 32.2. The van der Waals surface area contributed by atoms with E-state index >= 15 is 0 Å². The number of fused-ring (bicyclic) bond motifs is 2. The molecule has 3 aliphatic rings. The lowest BCUT2D eigenvalue weighted by Crippen LogP contribution is -2.32. The van der Waals surface area contributed by atoms with Crippen molar-refractivity contribution in [2.45, 2.75) is 51.7 Å². The number of amidine groups is 1. The maximum absolute atomic E-state index is 12.3. The first-order valence-electron chi connectivity index (χ1n) is 10.3. The lowest BCUT2D eigenvalue weighted by molar-refractivity contribution is -0.122. The third-order valence-corrected chi connectivity index (χ3v) is 8.37. The van der Waals surface area contributed by atoms with Gasteiger partial charge in [-0.1, -0.05) is 32.5 Å². The number of rotatable bonds is 5. The number of nitrogens with zero attached hydrogens (tertiary/aromatic N) is 2. The van der Waals surface area contributed by atoms with Crippen LogP contribution in [0.25, 0.3) is 0 Å². The highest BCUT2D eigenvalue weighted by molar-refractivity contribution is 8.15. The van der Waals surface area contributed by atoms with E-state index in [0.717, 1.165) is 18.6 Å². The van der Waals surface area contributed by atoms with Crippen molar-refractivity contribution in [3.05, 3.63) is 24.3 Å². The summed E-state index contributed by atoms with van der Waals surface area (Å²) >= 11 is 1.27. The van der Waals surface area contributed by atoms with Gasteiger partial charge in [0, 0.05) is 23.2 Å². The quantitative estimate of drug-likeness (QED) is 0.698. The highest BCUT2D eigenvalue weighted by Crippen LogP contribution is 2.64. The number of ether oxygens (including phenoxy) is 1. The fraction of sp³-hybridized carbons (Fsp3) is 0.545. The van der Waals surface area contributed by atoms with Crippen molar-refractivity contribution in [2.24, 2.45) is 27.0 Å². The molecule has 2 aliphatic carbocycles. The standard InChI is InChI=1S/C22H28N4O3S/c1-21(2)13-9-10-22(21,3)17(11-13)25-26-20-24-19(28)16(30-20)12-18(27)23-14-5-7-15(29-4)8-6-14/h5-8,13,16H,9-12H2,1-4H3,(H,23,27)(H,24,26,28)/b25-17+. The van der Waals surface area contributed by atoms with Crippen molar-refractivity contribution in [3.8, 4) is 5.75 Å². The average Bonchev–Trinajstić information content (AvgIpc) is 3.23. The van der Waals surface area contributed by atoms with Crippen molar-refractivity contribution in [1.82, 2.24) is 5.32 Å². The summed E-state index contributed by atoms with van der Waals surface area (Å²) in [6, 6.07) is 7.07. The second-order valence-electron chi connectivity index (χ2n) is 9.02. The van der Waals surface area contributed by atoms with E-state index < -0.39 is 5.25 Å². The molecule has 1 saturated heterocycles. The zero-order valence-electron chi connectivity index (χ0n) is 17.8. The van der Waals surface area contributed by atoms with Crippen LogP contribution in [0.5, 0.6) is 5.75 Å². The Kier molecular flexibility index (Phi) is 5.38. The smallest absolute Gasteiger partial charge is 0.240 e. The molecule has 160 valence electrons. The molecule has 30 heavy (non-hydrogen) atoms. The largest absolute Gasteiger partial charge is 0.497 e. The second kappa shape index (κ2) is 7.72. The van der Waals surface area contributed by atoms with E-state index in [2.05, 4.69) is 41.6 Å². The Balaban J connectivity index is 1.36. The van der Waals surface area contributed by atoms with E-state index in [-0.39, 0.29) is 29.1 Å². The lowest BCUT2D eigenvalue weighted by Gasteiger charge is -2.34. The van der Waals surface area contributed by atoms with Crippen LogP contribution in [0.4, 0.5) is 5.69 Å². The van der Waals surface area contributed by atoms with Crippen LogP contribution in [0.1, 0.15) is 46.5 Å². The normalized spacial score (nSPS) is 31.9. The summed E-state index contributed by atoms with van der Waals surface area (Å²) in [5.74, 6) is 0.946. The van der Waals surface area contributed by atoms with Gasteiger partial charge in [0.05, 0.1) is 7.11 Å². The van der Waals surface area contributed by atoms with Gasteiger partial charge in [-0.2, -0.15) is 5.10 Å². The van der Waals surface area contributed by atoms with Gasteiger partial charge in [0.2, 0.25) is 11.8 Å². The number of methoxy groups -OCH3 is 1. The van der Waals surface area contributed by atoms with Gasteiger partial charge in [0.25, 0.3) is 0 Å². The van der Waals surface area contributed by atoms with Gasteiger partial charge in [-0.3, -0.25) is 9.59 Å². The zero-order chi connectivity index (χ0) is 21.5. The predicted molar refractivity (Wildman–Crippen MR) is 120 cm³/mol. The molecule has 8 heteroatoms. The van der Waals surface area contributed by atoms with Crippen LogP contribution in [0.15, 0.2) is 34.5 Å². The van der Waals surface area contributed by atoms with Crippen LogP contribution < -0.4 is 15.4 Å². The third-order valence-electron chi connectivity index (χ3n) is 7.29. The molecular formula is C22H28N4O3S. The van der Waals surface area contributed by atoms with E-state index in [0.29, 0.717) is 22.5 Å². The Labute approximate surface area is 181 Å². The van der Waals surface area contributed by atoms with E-state index in [4.69, 9.17) is 4.74 Å². The molecule has 1 aromatic rings. The Bertz CT molecular complexity index is 925. The van der Waals surface area contributed by atoms with E-state index in [1.807, 2.05) is 0 Å². The lowest BCUT2D eigenvalue weighted by atomic mass is 9.70. The summed E-state index contributed by atoms with van der Waals surface area (Å²) in [5, 5.41) is 14.4. The van der Waals surface area contributed by atoms with Gasteiger partial charge in [0.1, 0.15) is 11.0 Å². The van der Waals surface area contributed by atoms with Crippen LogP contribution in [-0.2, 0) is 9.59 Å². The fourth-order valence-corrected chi connectivity index (χ4v) is 5.74. The molecule has 3 atom stereocenters. The minimum Gasteiger partial charge on any atom is -0.497 e. The third kappa shape index (κ3) is 3.62. The van der Waals surface area contributed by atoms with Crippen LogP contribution >= 0.6 is 11.8 Å². The van der Waals surface area contributed by atoms with Crippen molar-refractivity contribution in [1.29, 1.82) is 0 Å². The number of anilines is 1. The molecular weight excluding hydrogens is 400 g/mol. The van der Waals surface area contributed by atoms with Crippen LogP contribution in [-0.4, -0.2) is 35.1 Å².